The van der Waals surface area contributed by atoms with Crippen LogP contribution in [0.2, 0.25) is 0 Å². The lowest BCUT2D eigenvalue weighted by Crippen LogP contribution is -2.36. The average molecular weight is 352 g/mol. The predicted molar refractivity (Wildman–Crippen MR) is 82.2 cm³/mol. The third-order valence-electron chi connectivity index (χ3n) is 3.50. The highest BCUT2D eigenvalue weighted by Crippen LogP contribution is 2.25. The summed E-state index contributed by atoms with van der Waals surface area (Å²) < 4.78 is 28.0. The number of rotatable bonds is 6. The molecular weight excluding hydrogens is 334 g/mol. The zero-order chi connectivity index (χ0) is 15.5. The summed E-state index contributed by atoms with van der Waals surface area (Å²) in [5.41, 5.74) is 0. The van der Waals surface area contributed by atoms with Gasteiger partial charge in [-0.25, -0.2) is 8.42 Å². The van der Waals surface area contributed by atoms with Crippen LogP contribution in [-0.2, 0) is 25.0 Å². The van der Waals surface area contributed by atoms with Gasteiger partial charge in [-0.15, -0.1) is 11.3 Å². The molecule has 0 saturated carbocycles. The van der Waals surface area contributed by atoms with Crippen molar-refractivity contribution in [1.82, 2.24) is 5.32 Å². The molecule has 1 saturated heterocycles. The van der Waals surface area contributed by atoms with Crippen molar-refractivity contribution in [3.05, 3.63) is 17.0 Å². The van der Waals surface area contributed by atoms with E-state index >= 15 is 0 Å². The predicted octanol–water partition coefficient (Wildman–Crippen LogP) is 2.15. The summed E-state index contributed by atoms with van der Waals surface area (Å²) in [6, 6.07) is 3.21. The minimum Gasteiger partial charge on any atom is -0.377 e. The highest BCUT2D eigenvalue weighted by atomic mass is 35.7. The molecular formula is C13H18ClNO4S2. The third-order valence-corrected chi connectivity index (χ3v) is 6.73. The fourth-order valence-corrected chi connectivity index (χ4v) is 4.54. The van der Waals surface area contributed by atoms with E-state index in [0.29, 0.717) is 19.6 Å². The summed E-state index contributed by atoms with van der Waals surface area (Å²) in [7, 11) is 1.61. The Bertz CT molecular complexity index is 599. The molecule has 1 aromatic rings. The van der Waals surface area contributed by atoms with Crippen molar-refractivity contribution < 1.29 is 17.9 Å². The summed E-state index contributed by atoms with van der Waals surface area (Å²) in [6.45, 7) is 3.13. The second kappa shape index (κ2) is 7.09. The lowest BCUT2D eigenvalue weighted by atomic mass is 9.99. The van der Waals surface area contributed by atoms with Gasteiger partial charge in [-0.3, -0.25) is 4.79 Å². The lowest BCUT2D eigenvalue weighted by molar-refractivity contribution is -0.126. The van der Waals surface area contributed by atoms with Crippen LogP contribution in [-0.4, -0.2) is 33.6 Å². The highest BCUT2D eigenvalue weighted by molar-refractivity contribution is 8.15. The molecule has 2 rings (SSSR count). The van der Waals surface area contributed by atoms with E-state index in [1.54, 1.807) is 6.07 Å². The van der Waals surface area contributed by atoms with Gasteiger partial charge >= 0.3 is 0 Å². The van der Waals surface area contributed by atoms with Gasteiger partial charge in [0.25, 0.3) is 9.05 Å². The van der Waals surface area contributed by atoms with Gasteiger partial charge in [0.15, 0.2) is 0 Å². The van der Waals surface area contributed by atoms with Crippen molar-refractivity contribution in [2.45, 2.75) is 36.5 Å². The first-order chi connectivity index (χ1) is 9.91. The van der Waals surface area contributed by atoms with Gasteiger partial charge in [0.2, 0.25) is 5.91 Å². The van der Waals surface area contributed by atoms with Crippen molar-refractivity contribution in [3.8, 4) is 0 Å². The van der Waals surface area contributed by atoms with Crippen molar-refractivity contribution in [2.75, 3.05) is 13.2 Å². The Labute approximate surface area is 133 Å². The topological polar surface area (TPSA) is 72.5 Å². The van der Waals surface area contributed by atoms with E-state index in [-0.39, 0.29) is 22.1 Å². The van der Waals surface area contributed by atoms with Crippen LogP contribution >= 0.6 is 22.0 Å². The Morgan fingerprint density at radius 3 is 2.90 bits per heavy atom. The van der Waals surface area contributed by atoms with Crippen LogP contribution in [0.1, 0.15) is 24.6 Å². The Morgan fingerprint density at radius 2 is 2.29 bits per heavy atom. The lowest BCUT2D eigenvalue weighted by Gasteiger charge is -2.16. The van der Waals surface area contributed by atoms with Crippen molar-refractivity contribution in [2.24, 2.45) is 5.92 Å². The number of carbonyl (C=O) groups is 1. The van der Waals surface area contributed by atoms with Crippen LogP contribution in [0.25, 0.3) is 0 Å². The summed E-state index contributed by atoms with van der Waals surface area (Å²) in [5.74, 6) is -0.0572. The number of nitrogens with one attached hydrogen (secondary N) is 1. The molecule has 118 valence electrons. The molecule has 1 aliphatic heterocycles. The van der Waals surface area contributed by atoms with Crippen LogP contribution in [0.15, 0.2) is 16.3 Å². The molecule has 8 heteroatoms. The molecule has 1 aromatic heterocycles. The SMILES string of the molecule is CCC1OCCC1C(=O)NCCc1ccc(S(=O)(=O)Cl)s1. The molecule has 1 aliphatic rings. The number of halogens is 1. The summed E-state index contributed by atoms with van der Waals surface area (Å²) in [6.07, 6.45) is 2.20. The maximum Gasteiger partial charge on any atom is 0.270 e. The number of thiophene rings is 1. The molecule has 1 N–H and O–H groups in total. The third kappa shape index (κ3) is 4.42. The van der Waals surface area contributed by atoms with Crippen molar-refractivity contribution in [3.63, 3.8) is 0 Å². The average Bonchev–Trinajstić information content (AvgIpc) is 3.06. The molecule has 2 unspecified atom stereocenters. The first-order valence-electron chi connectivity index (χ1n) is 6.84. The Morgan fingerprint density at radius 1 is 1.52 bits per heavy atom. The van der Waals surface area contributed by atoms with Crippen LogP contribution in [0, 0.1) is 5.92 Å². The number of hydrogen-bond donors (Lipinski definition) is 1. The molecule has 1 amide bonds. The van der Waals surface area contributed by atoms with Crippen LogP contribution < -0.4 is 5.32 Å². The summed E-state index contributed by atoms with van der Waals surface area (Å²) >= 11 is 1.13. The smallest absolute Gasteiger partial charge is 0.270 e. The Hall–Kier alpha value is -0.630. The van der Waals surface area contributed by atoms with E-state index in [2.05, 4.69) is 5.32 Å². The molecule has 5 nitrogen and oxygen atoms in total. The molecule has 0 aliphatic carbocycles. The van der Waals surface area contributed by atoms with Gasteiger partial charge in [-0.05, 0) is 31.4 Å². The van der Waals surface area contributed by atoms with Gasteiger partial charge in [-0.2, -0.15) is 0 Å². The van der Waals surface area contributed by atoms with E-state index in [1.165, 1.54) is 6.07 Å². The maximum absolute atomic E-state index is 12.1. The second-order valence-electron chi connectivity index (χ2n) is 4.91. The Balaban J connectivity index is 1.81. The minimum absolute atomic E-state index is 0.0136. The van der Waals surface area contributed by atoms with Gasteiger partial charge in [-0.1, -0.05) is 6.92 Å². The van der Waals surface area contributed by atoms with Crippen LogP contribution in [0.5, 0.6) is 0 Å². The molecule has 21 heavy (non-hydrogen) atoms. The fourth-order valence-electron chi connectivity index (χ4n) is 2.41. The zero-order valence-corrected chi connectivity index (χ0v) is 14.1. The molecule has 0 radical (unpaired) electrons. The van der Waals surface area contributed by atoms with E-state index in [4.69, 9.17) is 15.4 Å². The van der Waals surface area contributed by atoms with E-state index in [9.17, 15) is 13.2 Å². The van der Waals surface area contributed by atoms with E-state index in [0.717, 1.165) is 29.1 Å². The Kier molecular flexibility index (Phi) is 5.65. The van der Waals surface area contributed by atoms with Gasteiger partial charge in [0.05, 0.1) is 12.0 Å². The molecule has 0 aromatic carbocycles. The molecule has 1 fully saturated rings. The molecule has 2 atom stereocenters. The largest absolute Gasteiger partial charge is 0.377 e. The van der Waals surface area contributed by atoms with Crippen LogP contribution in [0.3, 0.4) is 0 Å². The van der Waals surface area contributed by atoms with Crippen LogP contribution in [0.4, 0.5) is 0 Å². The maximum atomic E-state index is 12.1. The number of hydrogen-bond acceptors (Lipinski definition) is 5. The molecule has 0 bridgehead atoms. The van der Waals surface area contributed by atoms with Crippen molar-refractivity contribution >= 4 is 37.0 Å². The molecule has 0 spiro atoms. The molecule has 2 heterocycles. The van der Waals surface area contributed by atoms with Gasteiger partial charge in [0, 0.05) is 28.7 Å². The van der Waals surface area contributed by atoms with Gasteiger partial charge in [0.1, 0.15) is 4.21 Å². The monoisotopic (exact) mass is 351 g/mol. The first kappa shape index (κ1) is 16.7. The number of amides is 1. The fraction of sp³-hybridized carbons (Fsp3) is 0.615. The number of ether oxygens (including phenoxy) is 1. The second-order valence-corrected chi connectivity index (χ2v) is 8.87. The quantitative estimate of drug-likeness (QED) is 0.797. The number of carbonyl (C=O) groups excluding carboxylic acids is 1. The van der Waals surface area contributed by atoms with Crippen molar-refractivity contribution in [1.29, 1.82) is 0 Å². The normalized spacial score (nSPS) is 22.4. The summed E-state index contributed by atoms with van der Waals surface area (Å²) in [5, 5.41) is 2.89. The standard InChI is InChI=1S/C13H18ClNO4S2/c1-2-11-10(6-8-19-11)13(16)15-7-5-9-3-4-12(20-9)21(14,17)18/h3-4,10-11H,2,5-8H2,1H3,(H,15,16). The summed E-state index contributed by atoms with van der Waals surface area (Å²) in [4.78, 5) is 12.9. The first-order valence-corrected chi connectivity index (χ1v) is 9.97. The zero-order valence-electron chi connectivity index (χ0n) is 11.7. The highest BCUT2D eigenvalue weighted by Gasteiger charge is 2.32. The van der Waals surface area contributed by atoms with E-state index in [1.807, 2.05) is 6.92 Å². The van der Waals surface area contributed by atoms with Gasteiger partial charge < -0.3 is 10.1 Å². The minimum atomic E-state index is -3.66. The van der Waals surface area contributed by atoms with E-state index < -0.39 is 9.05 Å².